The largest absolute Gasteiger partial charge is 0.381 e. The van der Waals surface area contributed by atoms with E-state index in [0.717, 1.165) is 50.0 Å². The van der Waals surface area contributed by atoms with Gasteiger partial charge in [0.15, 0.2) is 0 Å². The number of hydrogen-bond donors (Lipinski definition) is 1. The van der Waals surface area contributed by atoms with Crippen molar-refractivity contribution in [3.8, 4) is 6.07 Å². The first kappa shape index (κ1) is 13.8. The molecular formula is C12H22N2OS. The van der Waals surface area contributed by atoms with Crippen molar-refractivity contribution in [2.45, 2.75) is 43.9 Å². The number of rotatable bonds is 6. The van der Waals surface area contributed by atoms with Crippen LogP contribution in [0.15, 0.2) is 0 Å². The fraction of sp³-hybridized carbons (Fsp3) is 0.917. The normalized spacial score (nSPS) is 21.3. The Morgan fingerprint density at radius 2 is 2.19 bits per heavy atom. The third-order valence-corrected chi connectivity index (χ3v) is 4.32. The molecule has 1 rings (SSSR count). The highest BCUT2D eigenvalue weighted by atomic mass is 32.2. The molecule has 0 saturated carbocycles. The summed E-state index contributed by atoms with van der Waals surface area (Å²) in [7, 11) is 0. The van der Waals surface area contributed by atoms with Crippen LogP contribution in [0.1, 0.15) is 33.1 Å². The average Bonchev–Trinajstić information content (AvgIpc) is 2.31. The van der Waals surface area contributed by atoms with Crippen LogP contribution in [-0.2, 0) is 4.74 Å². The van der Waals surface area contributed by atoms with E-state index in [9.17, 15) is 0 Å². The summed E-state index contributed by atoms with van der Waals surface area (Å²) in [5.41, 5.74) is -0.354. The molecule has 1 aliphatic rings. The van der Waals surface area contributed by atoms with Crippen molar-refractivity contribution in [1.82, 2.24) is 5.32 Å². The molecule has 1 saturated heterocycles. The van der Waals surface area contributed by atoms with E-state index in [1.807, 2.05) is 25.6 Å². The lowest BCUT2D eigenvalue weighted by Crippen LogP contribution is -2.41. The van der Waals surface area contributed by atoms with Crippen LogP contribution < -0.4 is 5.32 Å². The lowest BCUT2D eigenvalue weighted by atomic mass is 10.0. The topological polar surface area (TPSA) is 45.0 Å². The van der Waals surface area contributed by atoms with Gasteiger partial charge >= 0.3 is 0 Å². The molecule has 0 radical (unpaired) electrons. The van der Waals surface area contributed by atoms with Crippen molar-refractivity contribution in [3.63, 3.8) is 0 Å². The summed E-state index contributed by atoms with van der Waals surface area (Å²) >= 11 is 1.99. The van der Waals surface area contributed by atoms with Gasteiger partial charge in [0.05, 0.1) is 6.07 Å². The number of nitriles is 1. The van der Waals surface area contributed by atoms with Gasteiger partial charge in [-0.25, -0.2) is 0 Å². The molecular weight excluding hydrogens is 220 g/mol. The molecule has 1 aliphatic heterocycles. The molecule has 0 aliphatic carbocycles. The minimum atomic E-state index is -0.354. The minimum absolute atomic E-state index is 0.354. The van der Waals surface area contributed by atoms with Crippen LogP contribution in [0.4, 0.5) is 0 Å². The standard InChI is InChI=1S/C12H22N2OS/c1-3-14-12(2,10-13)6-9-16-11-4-7-15-8-5-11/h11,14H,3-9H2,1-2H3. The molecule has 1 N–H and O–H groups in total. The van der Waals surface area contributed by atoms with Crippen LogP contribution in [0, 0.1) is 11.3 Å². The number of nitrogens with one attached hydrogen (secondary N) is 1. The van der Waals surface area contributed by atoms with Gasteiger partial charge in [-0.05, 0) is 38.5 Å². The van der Waals surface area contributed by atoms with Crippen molar-refractivity contribution in [1.29, 1.82) is 5.26 Å². The van der Waals surface area contributed by atoms with E-state index in [1.54, 1.807) is 0 Å². The molecule has 0 aromatic carbocycles. The lowest BCUT2D eigenvalue weighted by molar-refractivity contribution is 0.1000. The second-order valence-corrected chi connectivity index (χ2v) is 5.82. The molecule has 1 fully saturated rings. The molecule has 0 bridgehead atoms. The summed E-state index contributed by atoms with van der Waals surface area (Å²) in [5.74, 6) is 1.06. The Balaban J connectivity index is 2.20. The Morgan fingerprint density at radius 3 is 2.75 bits per heavy atom. The predicted octanol–water partition coefficient (Wildman–Crippen LogP) is 2.18. The highest BCUT2D eigenvalue weighted by Gasteiger charge is 2.23. The number of hydrogen-bond acceptors (Lipinski definition) is 4. The highest BCUT2D eigenvalue weighted by Crippen LogP contribution is 2.24. The molecule has 92 valence electrons. The summed E-state index contributed by atoms with van der Waals surface area (Å²) in [6, 6.07) is 2.37. The Bertz CT molecular complexity index is 236. The molecule has 0 spiro atoms. The van der Waals surface area contributed by atoms with Crippen LogP contribution >= 0.6 is 11.8 Å². The summed E-state index contributed by atoms with van der Waals surface area (Å²) in [4.78, 5) is 0. The van der Waals surface area contributed by atoms with E-state index in [1.165, 1.54) is 0 Å². The van der Waals surface area contributed by atoms with E-state index in [2.05, 4.69) is 11.4 Å². The molecule has 0 amide bonds. The average molecular weight is 242 g/mol. The Kier molecular flexibility index (Phi) is 6.18. The first-order chi connectivity index (χ1) is 7.70. The summed E-state index contributed by atoms with van der Waals surface area (Å²) in [6.07, 6.45) is 3.24. The first-order valence-corrected chi connectivity index (χ1v) is 7.10. The molecule has 0 aromatic rings. The maximum atomic E-state index is 9.11. The second kappa shape index (κ2) is 7.16. The molecule has 3 nitrogen and oxygen atoms in total. The van der Waals surface area contributed by atoms with Crippen molar-refractivity contribution in [3.05, 3.63) is 0 Å². The summed E-state index contributed by atoms with van der Waals surface area (Å²) < 4.78 is 5.33. The highest BCUT2D eigenvalue weighted by molar-refractivity contribution is 7.99. The molecule has 1 heterocycles. The van der Waals surface area contributed by atoms with Gasteiger partial charge < -0.3 is 4.74 Å². The van der Waals surface area contributed by atoms with Crippen LogP contribution in [-0.4, -0.2) is 36.3 Å². The van der Waals surface area contributed by atoms with E-state index < -0.39 is 0 Å². The fourth-order valence-corrected chi connectivity index (χ4v) is 3.23. The van der Waals surface area contributed by atoms with Crippen molar-refractivity contribution >= 4 is 11.8 Å². The van der Waals surface area contributed by atoms with Gasteiger partial charge in [0.1, 0.15) is 5.54 Å². The van der Waals surface area contributed by atoms with E-state index in [0.29, 0.717) is 0 Å². The SMILES string of the molecule is CCNC(C)(C#N)CCSC1CCOCC1. The number of ether oxygens (including phenoxy) is 1. The van der Waals surface area contributed by atoms with Gasteiger partial charge in [0.25, 0.3) is 0 Å². The minimum Gasteiger partial charge on any atom is -0.381 e. The molecule has 0 aromatic heterocycles. The van der Waals surface area contributed by atoms with Gasteiger partial charge in [-0.1, -0.05) is 6.92 Å². The third-order valence-electron chi connectivity index (χ3n) is 2.94. The molecule has 16 heavy (non-hydrogen) atoms. The first-order valence-electron chi connectivity index (χ1n) is 6.06. The Morgan fingerprint density at radius 1 is 1.50 bits per heavy atom. The zero-order valence-electron chi connectivity index (χ0n) is 10.3. The molecule has 1 atom stereocenters. The maximum absolute atomic E-state index is 9.11. The number of nitrogens with zero attached hydrogens (tertiary/aromatic N) is 1. The Hall–Kier alpha value is -0.240. The smallest absolute Gasteiger partial charge is 0.104 e. The fourth-order valence-electron chi connectivity index (χ4n) is 1.85. The molecule has 1 unspecified atom stereocenters. The van der Waals surface area contributed by atoms with Crippen molar-refractivity contribution in [2.24, 2.45) is 0 Å². The lowest BCUT2D eigenvalue weighted by Gasteiger charge is -2.25. The summed E-state index contributed by atoms with van der Waals surface area (Å²) in [5, 5.41) is 13.1. The van der Waals surface area contributed by atoms with E-state index >= 15 is 0 Å². The van der Waals surface area contributed by atoms with Gasteiger partial charge in [0, 0.05) is 18.5 Å². The van der Waals surface area contributed by atoms with E-state index in [4.69, 9.17) is 10.00 Å². The van der Waals surface area contributed by atoms with Gasteiger partial charge in [-0.15, -0.1) is 0 Å². The predicted molar refractivity (Wildman–Crippen MR) is 68.6 cm³/mol. The third kappa shape index (κ3) is 4.73. The van der Waals surface area contributed by atoms with Gasteiger partial charge in [-0.3, -0.25) is 5.32 Å². The van der Waals surface area contributed by atoms with Crippen LogP contribution in [0.5, 0.6) is 0 Å². The van der Waals surface area contributed by atoms with Crippen molar-refractivity contribution in [2.75, 3.05) is 25.5 Å². The zero-order chi connectivity index (χ0) is 11.9. The summed E-state index contributed by atoms with van der Waals surface area (Å²) in [6.45, 7) is 6.69. The maximum Gasteiger partial charge on any atom is 0.104 e. The van der Waals surface area contributed by atoms with Crippen LogP contribution in [0.25, 0.3) is 0 Å². The number of thioether (sulfide) groups is 1. The second-order valence-electron chi connectivity index (χ2n) is 4.41. The van der Waals surface area contributed by atoms with Gasteiger partial charge in [0.2, 0.25) is 0 Å². The Labute approximate surface area is 103 Å². The zero-order valence-corrected chi connectivity index (χ0v) is 11.1. The quantitative estimate of drug-likeness (QED) is 0.775. The van der Waals surface area contributed by atoms with Crippen LogP contribution in [0.2, 0.25) is 0 Å². The monoisotopic (exact) mass is 242 g/mol. The van der Waals surface area contributed by atoms with Gasteiger partial charge in [-0.2, -0.15) is 17.0 Å². The van der Waals surface area contributed by atoms with E-state index in [-0.39, 0.29) is 5.54 Å². The molecule has 4 heteroatoms. The van der Waals surface area contributed by atoms with Crippen molar-refractivity contribution < 1.29 is 4.74 Å². The van der Waals surface area contributed by atoms with Crippen LogP contribution in [0.3, 0.4) is 0 Å².